The maximum Gasteiger partial charge on any atom is 0.335 e. The lowest BCUT2D eigenvalue weighted by Crippen LogP contribution is -2.54. The lowest BCUT2D eigenvalue weighted by Gasteiger charge is -2.26. The Morgan fingerprint density at radius 3 is 2.62 bits per heavy atom. The SMILES string of the molecule is O=C1NC(=O)N(c2ccc3c(c2)OCO3)C(=O)/C1=C/c1ccc(-c2ccc(Cl)cc2[N+](=O)[O-])o1. The monoisotopic (exact) mass is 481 g/mol. The van der Waals surface area contributed by atoms with Crippen molar-refractivity contribution in [2.24, 2.45) is 0 Å². The van der Waals surface area contributed by atoms with Crippen LogP contribution in [-0.2, 0) is 9.59 Å². The molecule has 3 heterocycles. The molecule has 3 aromatic rings. The van der Waals surface area contributed by atoms with Gasteiger partial charge in [0.05, 0.1) is 16.2 Å². The highest BCUT2D eigenvalue weighted by Crippen LogP contribution is 2.37. The number of benzene rings is 2. The molecule has 0 bridgehead atoms. The fraction of sp³-hybridized carbons (Fsp3) is 0.0455. The third kappa shape index (κ3) is 3.63. The first-order valence-electron chi connectivity index (χ1n) is 9.67. The maximum atomic E-state index is 13.1. The highest BCUT2D eigenvalue weighted by molar-refractivity contribution is 6.39. The third-order valence-electron chi connectivity index (χ3n) is 5.05. The first-order chi connectivity index (χ1) is 16.3. The second kappa shape index (κ2) is 8.05. The number of carbonyl (C=O) groups is 3. The molecular weight excluding hydrogens is 470 g/mol. The van der Waals surface area contributed by atoms with Gasteiger partial charge < -0.3 is 13.9 Å². The van der Waals surface area contributed by atoms with E-state index in [0.717, 1.165) is 11.0 Å². The van der Waals surface area contributed by atoms with E-state index in [2.05, 4.69) is 5.32 Å². The van der Waals surface area contributed by atoms with Crippen molar-refractivity contribution in [3.05, 3.63) is 75.0 Å². The maximum absolute atomic E-state index is 13.1. The summed E-state index contributed by atoms with van der Waals surface area (Å²) in [5.41, 5.74) is -0.311. The molecule has 0 radical (unpaired) electrons. The lowest BCUT2D eigenvalue weighted by atomic mass is 10.1. The van der Waals surface area contributed by atoms with Gasteiger partial charge in [0.15, 0.2) is 11.5 Å². The van der Waals surface area contributed by atoms with Crippen molar-refractivity contribution in [3.63, 3.8) is 0 Å². The van der Waals surface area contributed by atoms with E-state index in [1.54, 1.807) is 0 Å². The van der Waals surface area contributed by atoms with Crippen LogP contribution < -0.4 is 19.7 Å². The van der Waals surface area contributed by atoms with Crippen LogP contribution in [0.5, 0.6) is 11.5 Å². The van der Waals surface area contributed by atoms with Crippen molar-refractivity contribution in [1.82, 2.24) is 5.32 Å². The molecule has 11 nitrogen and oxygen atoms in total. The van der Waals surface area contributed by atoms with Crippen LogP contribution >= 0.6 is 11.6 Å². The molecule has 0 aliphatic carbocycles. The van der Waals surface area contributed by atoms with Crippen LogP contribution in [-0.4, -0.2) is 29.6 Å². The number of anilines is 1. The highest BCUT2D eigenvalue weighted by Gasteiger charge is 2.37. The number of nitrogens with one attached hydrogen (secondary N) is 1. The lowest BCUT2D eigenvalue weighted by molar-refractivity contribution is -0.384. The van der Waals surface area contributed by atoms with Crippen LogP contribution in [0.25, 0.3) is 17.4 Å². The first kappa shape index (κ1) is 21.2. The summed E-state index contributed by atoms with van der Waals surface area (Å²) in [4.78, 5) is 49.4. The van der Waals surface area contributed by atoms with Crippen LogP contribution in [0.4, 0.5) is 16.2 Å². The number of imide groups is 2. The summed E-state index contributed by atoms with van der Waals surface area (Å²) in [6.07, 6.45) is 1.15. The number of nitro benzene ring substituents is 1. The number of hydrogen-bond donors (Lipinski definition) is 1. The van der Waals surface area contributed by atoms with Crippen molar-refractivity contribution < 1.29 is 33.2 Å². The summed E-state index contributed by atoms with van der Waals surface area (Å²) in [7, 11) is 0. The van der Waals surface area contributed by atoms with Crippen molar-refractivity contribution in [3.8, 4) is 22.8 Å². The smallest absolute Gasteiger partial charge is 0.335 e. The number of urea groups is 1. The van der Waals surface area contributed by atoms with E-state index in [1.165, 1.54) is 48.5 Å². The van der Waals surface area contributed by atoms with Gasteiger partial charge in [0.25, 0.3) is 17.5 Å². The minimum atomic E-state index is -0.928. The summed E-state index contributed by atoms with van der Waals surface area (Å²) in [5.74, 6) is -0.800. The zero-order valence-electron chi connectivity index (χ0n) is 16.9. The molecule has 1 fully saturated rings. The minimum Gasteiger partial charge on any atom is -0.456 e. The number of furan rings is 1. The molecule has 5 rings (SSSR count). The van der Waals surface area contributed by atoms with E-state index in [1.807, 2.05) is 0 Å². The van der Waals surface area contributed by atoms with Gasteiger partial charge in [0, 0.05) is 17.2 Å². The molecule has 1 saturated heterocycles. The Balaban J connectivity index is 1.49. The van der Waals surface area contributed by atoms with Gasteiger partial charge in [0.1, 0.15) is 17.1 Å². The molecule has 0 saturated carbocycles. The van der Waals surface area contributed by atoms with E-state index >= 15 is 0 Å². The van der Waals surface area contributed by atoms with Gasteiger partial charge in [-0.2, -0.15) is 0 Å². The Kier molecular flexibility index (Phi) is 5.02. The molecule has 2 aliphatic heterocycles. The Hall–Kier alpha value is -4.64. The Bertz CT molecular complexity index is 1430. The summed E-state index contributed by atoms with van der Waals surface area (Å²) >= 11 is 5.85. The summed E-state index contributed by atoms with van der Waals surface area (Å²) in [6.45, 7) is 0.00910. The van der Waals surface area contributed by atoms with Crippen molar-refractivity contribution in [2.45, 2.75) is 0 Å². The van der Waals surface area contributed by atoms with Crippen molar-refractivity contribution in [2.75, 3.05) is 11.7 Å². The van der Waals surface area contributed by atoms with Crippen molar-refractivity contribution >= 4 is 46.9 Å². The van der Waals surface area contributed by atoms with Crippen molar-refractivity contribution in [1.29, 1.82) is 0 Å². The predicted molar refractivity (Wildman–Crippen MR) is 117 cm³/mol. The Morgan fingerprint density at radius 2 is 1.82 bits per heavy atom. The van der Waals surface area contributed by atoms with Crippen LogP contribution in [0.15, 0.2) is 58.5 Å². The normalized spacial score (nSPS) is 16.2. The number of halogens is 1. The van der Waals surface area contributed by atoms with Gasteiger partial charge in [0.2, 0.25) is 6.79 Å². The molecule has 0 unspecified atom stereocenters. The number of fused-ring (bicyclic) bond motifs is 1. The fourth-order valence-corrected chi connectivity index (χ4v) is 3.66. The molecule has 4 amide bonds. The average Bonchev–Trinajstić information content (AvgIpc) is 3.45. The van der Waals surface area contributed by atoms with Gasteiger partial charge in [-0.05, 0) is 42.5 Å². The summed E-state index contributed by atoms with van der Waals surface area (Å²) in [6, 6.07) is 10.5. The number of carbonyl (C=O) groups excluding carboxylic acids is 3. The summed E-state index contributed by atoms with van der Waals surface area (Å²) in [5, 5.41) is 13.7. The number of barbiturate groups is 1. The summed E-state index contributed by atoms with van der Waals surface area (Å²) < 4.78 is 16.1. The topological polar surface area (TPSA) is 141 Å². The molecular formula is C22H12ClN3O8. The molecule has 0 atom stereocenters. The van der Waals surface area contributed by atoms with E-state index in [-0.39, 0.29) is 45.8 Å². The van der Waals surface area contributed by atoms with E-state index in [0.29, 0.717) is 11.5 Å². The van der Waals surface area contributed by atoms with Crippen LogP contribution in [0.3, 0.4) is 0 Å². The third-order valence-corrected chi connectivity index (χ3v) is 5.29. The van der Waals surface area contributed by atoms with Crippen LogP contribution in [0.2, 0.25) is 5.02 Å². The Morgan fingerprint density at radius 1 is 1.03 bits per heavy atom. The minimum absolute atomic E-state index is 0.00910. The predicted octanol–water partition coefficient (Wildman–Crippen LogP) is 3.90. The van der Waals surface area contributed by atoms with Crippen LogP contribution in [0, 0.1) is 10.1 Å². The van der Waals surface area contributed by atoms with Gasteiger partial charge in [-0.15, -0.1) is 0 Å². The molecule has 34 heavy (non-hydrogen) atoms. The van der Waals surface area contributed by atoms with Gasteiger partial charge in [-0.1, -0.05) is 11.6 Å². The number of nitro groups is 1. The molecule has 2 aliphatic rings. The number of rotatable bonds is 4. The highest BCUT2D eigenvalue weighted by atomic mass is 35.5. The molecule has 170 valence electrons. The molecule has 0 spiro atoms. The zero-order chi connectivity index (χ0) is 24.0. The van der Waals surface area contributed by atoms with E-state index < -0.39 is 22.8 Å². The number of hydrogen-bond acceptors (Lipinski definition) is 8. The average molecular weight is 482 g/mol. The van der Waals surface area contributed by atoms with Gasteiger partial charge in [-0.3, -0.25) is 25.0 Å². The number of ether oxygens (including phenoxy) is 2. The van der Waals surface area contributed by atoms with E-state index in [4.69, 9.17) is 25.5 Å². The zero-order valence-corrected chi connectivity index (χ0v) is 17.7. The van der Waals surface area contributed by atoms with Gasteiger partial charge >= 0.3 is 6.03 Å². The number of amides is 4. The van der Waals surface area contributed by atoms with Gasteiger partial charge in [-0.25, -0.2) is 9.69 Å². The molecule has 1 aromatic heterocycles. The first-order valence-corrected chi connectivity index (χ1v) is 10.0. The second-order valence-electron chi connectivity index (χ2n) is 7.12. The quantitative estimate of drug-likeness (QED) is 0.256. The second-order valence-corrected chi connectivity index (χ2v) is 7.55. The molecule has 12 heteroatoms. The molecule has 2 aromatic carbocycles. The fourth-order valence-electron chi connectivity index (χ4n) is 3.50. The van der Waals surface area contributed by atoms with Crippen LogP contribution in [0.1, 0.15) is 5.76 Å². The standard InChI is InChI=1S/C22H12ClN3O8/c23-11-1-4-14(16(7-11)26(30)31)17-6-3-13(34-17)9-15-20(27)24-22(29)25(21(15)28)12-2-5-18-19(8-12)33-10-32-18/h1-9H,10H2,(H,24,27,29)/b15-9+. The molecule has 1 N–H and O–H groups in total. The van der Waals surface area contributed by atoms with E-state index in [9.17, 15) is 24.5 Å². The number of nitrogens with zero attached hydrogens (tertiary/aromatic N) is 2. The largest absolute Gasteiger partial charge is 0.456 e. The Labute approximate surface area is 195 Å².